The van der Waals surface area contributed by atoms with Crippen molar-refractivity contribution in [3.8, 4) is 0 Å². The van der Waals surface area contributed by atoms with E-state index < -0.39 is 0 Å². The summed E-state index contributed by atoms with van der Waals surface area (Å²) < 4.78 is 0. The maximum absolute atomic E-state index is 12.1. The second-order valence-electron chi connectivity index (χ2n) is 5.65. The predicted molar refractivity (Wildman–Crippen MR) is 83.0 cm³/mol. The van der Waals surface area contributed by atoms with Crippen LogP contribution in [-0.2, 0) is 9.59 Å². The molecule has 1 rings (SSSR count). The Morgan fingerprint density at radius 1 is 1.30 bits per heavy atom. The lowest BCUT2D eigenvalue weighted by atomic mass is 10.1. The normalized spacial score (nSPS) is 22.4. The molecule has 1 heterocycles. The number of piperazine rings is 1. The number of carbonyl (C=O) groups excluding carboxylic acids is 2. The van der Waals surface area contributed by atoms with Crippen LogP contribution in [0.5, 0.6) is 0 Å². The molecule has 20 heavy (non-hydrogen) atoms. The van der Waals surface area contributed by atoms with E-state index in [9.17, 15) is 9.59 Å². The number of rotatable bonds is 5. The number of hydrogen-bond acceptors (Lipinski definition) is 3. The Hall–Kier alpha value is -0.810. The van der Waals surface area contributed by atoms with Crippen LogP contribution in [0.1, 0.15) is 47.0 Å². The summed E-state index contributed by atoms with van der Waals surface area (Å²) in [6.07, 6.45) is 1.52. The summed E-state index contributed by atoms with van der Waals surface area (Å²) in [5.41, 5.74) is 0. The summed E-state index contributed by atoms with van der Waals surface area (Å²) in [4.78, 5) is 25.5. The van der Waals surface area contributed by atoms with Gasteiger partial charge in [-0.1, -0.05) is 0 Å². The first-order chi connectivity index (χ1) is 8.91. The van der Waals surface area contributed by atoms with Crippen molar-refractivity contribution in [2.24, 2.45) is 0 Å². The minimum absolute atomic E-state index is 0. The summed E-state index contributed by atoms with van der Waals surface area (Å²) in [7, 11) is 0. The third-order valence-corrected chi connectivity index (χ3v) is 3.60. The molecule has 0 radical (unpaired) electrons. The highest BCUT2D eigenvalue weighted by atomic mass is 35.5. The molecule has 0 spiro atoms. The third kappa shape index (κ3) is 6.09. The fourth-order valence-corrected chi connectivity index (χ4v) is 2.35. The van der Waals surface area contributed by atoms with E-state index in [-0.39, 0.29) is 36.3 Å². The summed E-state index contributed by atoms with van der Waals surface area (Å²) in [5.74, 6) is 0.197. The number of amides is 2. The molecule has 1 aliphatic heterocycles. The van der Waals surface area contributed by atoms with Gasteiger partial charge < -0.3 is 15.5 Å². The summed E-state index contributed by atoms with van der Waals surface area (Å²) in [6.45, 7) is 9.66. The van der Waals surface area contributed by atoms with E-state index in [1.54, 1.807) is 0 Å². The zero-order valence-corrected chi connectivity index (χ0v) is 13.8. The minimum Gasteiger partial charge on any atom is -0.354 e. The van der Waals surface area contributed by atoms with Gasteiger partial charge in [0.2, 0.25) is 11.8 Å². The van der Waals surface area contributed by atoms with E-state index >= 15 is 0 Å². The van der Waals surface area contributed by atoms with Crippen LogP contribution in [0.2, 0.25) is 0 Å². The van der Waals surface area contributed by atoms with Gasteiger partial charge in [0.1, 0.15) is 0 Å². The maximum Gasteiger partial charge on any atom is 0.222 e. The fourth-order valence-electron chi connectivity index (χ4n) is 2.35. The van der Waals surface area contributed by atoms with Gasteiger partial charge in [0, 0.05) is 44.1 Å². The monoisotopic (exact) mass is 305 g/mol. The van der Waals surface area contributed by atoms with Crippen molar-refractivity contribution in [1.29, 1.82) is 0 Å². The molecule has 118 valence electrons. The van der Waals surface area contributed by atoms with Gasteiger partial charge in [0.05, 0.1) is 0 Å². The Morgan fingerprint density at radius 3 is 2.55 bits per heavy atom. The molecule has 1 saturated heterocycles. The van der Waals surface area contributed by atoms with Gasteiger partial charge in [-0.05, 0) is 34.1 Å². The molecule has 5 nitrogen and oxygen atoms in total. The van der Waals surface area contributed by atoms with E-state index in [0.717, 1.165) is 13.1 Å². The molecular weight excluding hydrogens is 278 g/mol. The zero-order chi connectivity index (χ0) is 14.4. The van der Waals surface area contributed by atoms with Gasteiger partial charge in [0.15, 0.2) is 0 Å². The third-order valence-electron chi connectivity index (χ3n) is 3.60. The van der Waals surface area contributed by atoms with Crippen LogP contribution in [0.3, 0.4) is 0 Å². The molecule has 2 unspecified atom stereocenters. The van der Waals surface area contributed by atoms with Crippen LogP contribution in [0.25, 0.3) is 0 Å². The molecule has 2 atom stereocenters. The molecule has 0 saturated carbocycles. The maximum atomic E-state index is 12.1. The van der Waals surface area contributed by atoms with Crippen molar-refractivity contribution >= 4 is 24.2 Å². The Bertz CT molecular complexity index is 324. The zero-order valence-electron chi connectivity index (χ0n) is 12.9. The predicted octanol–water partition coefficient (Wildman–Crippen LogP) is 1.31. The quantitative estimate of drug-likeness (QED) is 0.805. The van der Waals surface area contributed by atoms with Gasteiger partial charge in [-0.3, -0.25) is 9.59 Å². The van der Waals surface area contributed by atoms with Gasteiger partial charge in [-0.25, -0.2) is 0 Å². The molecular formula is C14H28ClN3O2. The SMILES string of the molecule is CC(C)NC(=O)CCCC(=O)N1CCNC(C)C1C.Cl. The van der Waals surface area contributed by atoms with Crippen molar-refractivity contribution in [2.45, 2.75) is 65.1 Å². The van der Waals surface area contributed by atoms with Crippen LogP contribution in [0.15, 0.2) is 0 Å². The highest BCUT2D eigenvalue weighted by Crippen LogP contribution is 2.11. The van der Waals surface area contributed by atoms with Crippen molar-refractivity contribution in [3.63, 3.8) is 0 Å². The summed E-state index contributed by atoms with van der Waals surface area (Å²) in [6, 6.07) is 0.727. The number of halogens is 1. The summed E-state index contributed by atoms with van der Waals surface area (Å²) >= 11 is 0. The van der Waals surface area contributed by atoms with E-state index in [0.29, 0.717) is 25.3 Å². The smallest absolute Gasteiger partial charge is 0.222 e. The second kappa shape index (κ2) is 9.19. The molecule has 2 amide bonds. The van der Waals surface area contributed by atoms with Crippen molar-refractivity contribution in [3.05, 3.63) is 0 Å². The molecule has 0 bridgehead atoms. The average molecular weight is 306 g/mol. The first-order valence-electron chi connectivity index (χ1n) is 7.24. The molecule has 0 aromatic heterocycles. The molecule has 0 aromatic rings. The fraction of sp³-hybridized carbons (Fsp3) is 0.857. The van der Waals surface area contributed by atoms with Gasteiger partial charge in [0.25, 0.3) is 0 Å². The van der Waals surface area contributed by atoms with Crippen molar-refractivity contribution in [1.82, 2.24) is 15.5 Å². The lowest BCUT2D eigenvalue weighted by Crippen LogP contribution is -2.57. The summed E-state index contributed by atoms with van der Waals surface area (Å²) in [5, 5.41) is 6.19. The van der Waals surface area contributed by atoms with E-state index in [4.69, 9.17) is 0 Å². The van der Waals surface area contributed by atoms with E-state index in [1.807, 2.05) is 18.7 Å². The Morgan fingerprint density at radius 2 is 1.95 bits per heavy atom. The van der Waals surface area contributed by atoms with Gasteiger partial charge in [-0.2, -0.15) is 0 Å². The van der Waals surface area contributed by atoms with E-state index in [1.165, 1.54) is 0 Å². The Kier molecular flexibility index (Phi) is 8.81. The average Bonchev–Trinajstić information content (AvgIpc) is 2.31. The lowest BCUT2D eigenvalue weighted by molar-refractivity contribution is -0.135. The topological polar surface area (TPSA) is 61.4 Å². The number of nitrogens with zero attached hydrogens (tertiary/aromatic N) is 1. The molecule has 2 N–H and O–H groups in total. The Balaban J connectivity index is 0.00000361. The minimum atomic E-state index is 0. The van der Waals surface area contributed by atoms with Crippen LogP contribution in [0, 0.1) is 0 Å². The molecule has 6 heteroatoms. The number of nitrogens with one attached hydrogen (secondary N) is 2. The molecule has 0 aliphatic carbocycles. The number of hydrogen-bond donors (Lipinski definition) is 2. The molecule has 1 fully saturated rings. The van der Waals surface area contributed by atoms with Gasteiger partial charge in [-0.15, -0.1) is 12.4 Å². The first-order valence-corrected chi connectivity index (χ1v) is 7.24. The van der Waals surface area contributed by atoms with Crippen LogP contribution < -0.4 is 10.6 Å². The van der Waals surface area contributed by atoms with Crippen LogP contribution in [0.4, 0.5) is 0 Å². The lowest BCUT2D eigenvalue weighted by Gasteiger charge is -2.38. The Labute approximate surface area is 128 Å². The molecule has 0 aromatic carbocycles. The second-order valence-corrected chi connectivity index (χ2v) is 5.65. The standard InChI is InChI=1S/C14H27N3O2.ClH/c1-10(2)16-13(18)6-5-7-14(19)17-9-8-15-11(3)12(17)4;/h10-12,15H,5-9H2,1-4H3,(H,16,18);1H. The largest absolute Gasteiger partial charge is 0.354 e. The number of carbonyl (C=O) groups is 2. The van der Waals surface area contributed by atoms with Crippen molar-refractivity contribution < 1.29 is 9.59 Å². The van der Waals surface area contributed by atoms with Crippen LogP contribution in [-0.4, -0.2) is 47.9 Å². The van der Waals surface area contributed by atoms with Crippen molar-refractivity contribution in [2.75, 3.05) is 13.1 Å². The van der Waals surface area contributed by atoms with Crippen LogP contribution >= 0.6 is 12.4 Å². The van der Waals surface area contributed by atoms with E-state index in [2.05, 4.69) is 24.5 Å². The molecule has 1 aliphatic rings. The first kappa shape index (κ1) is 19.2. The highest BCUT2D eigenvalue weighted by molar-refractivity contribution is 5.85. The van der Waals surface area contributed by atoms with Gasteiger partial charge >= 0.3 is 0 Å². The highest BCUT2D eigenvalue weighted by Gasteiger charge is 2.27.